The van der Waals surface area contributed by atoms with Crippen LogP contribution in [0.3, 0.4) is 0 Å². The molecule has 0 atom stereocenters. The van der Waals surface area contributed by atoms with E-state index in [0.29, 0.717) is 44.0 Å². The summed E-state index contributed by atoms with van der Waals surface area (Å²) in [4.78, 5) is 22.1. The summed E-state index contributed by atoms with van der Waals surface area (Å²) in [6, 6.07) is 0. The molecule has 1 aromatic heterocycles. The molecule has 0 unspecified atom stereocenters. The number of carbonyl (C=O) groups is 1. The van der Waals surface area contributed by atoms with Crippen molar-refractivity contribution in [2.45, 2.75) is 45.2 Å². The zero-order chi connectivity index (χ0) is 18.4. The summed E-state index contributed by atoms with van der Waals surface area (Å²) >= 11 is 6.10. The van der Waals surface area contributed by atoms with Crippen LogP contribution >= 0.6 is 11.6 Å². The van der Waals surface area contributed by atoms with Crippen LogP contribution in [0, 0.1) is 5.92 Å². The topological polar surface area (TPSA) is 55.3 Å². The van der Waals surface area contributed by atoms with E-state index in [1.165, 1.54) is 6.20 Å². The van der Waals surface area contributed by atoms with Gasteiger partial charge in [-0.05, 0) is 32.6 Å². The number of carbonyl (C=O) groups excluding carboxylic acids is 1. The maximum absolute atomic E-state index is 12.2. The molecule has 0 aromatic carbocycles. The predicted octanol–water partition coefficient (Wildman–Crippen LogP) is 3.79. The van der Waals surface area contributed by atoms with E-state index in [-0.39, 0.29) is 29.9 Å². The summed E-state index contributed by atoms with van der Waals surface area (Å²) in [5.74, 6) is 0.131. The molecule has 0 aliphatic carbocycles. The van der Waals surface area contributed by atoms with Crippen molar-refractivity contribution in [3.63, 3.8) is 0 Å². The first-order chi connectivity index (χ1) is 11.8. The summed E-state index contributed by atoms with van der Waals surface area (Å²) in [5, 5.41) is 0.217. The minimum atomic E-state index is -4.17. The first-order valence-corrected chi connectivity index (χ1v) is 8.67. The van der Waals surface area contributed by atoms with Crippen LogP contribution in [-0.2, 0) is 16.0 Å². The van der Waals surface area contributed by atoms with E-state index in [0.717, 1.165) is 0 Å². The van der Waals surface area contributed by atoms with Crippen LogP contribution in [0.25, 0.3) is 0 Å². The van der Waals surface area contributed by atoms with Crippen molar-refractivity contribution in [1.82, 2.24) is 9.97 Å². The fourth-order valence-electron chi connectivity index (χ4n) is 2.78. The molecule has 2 rings (SSSR count). The molecule has 1 fully saturated rings. The normalized spacial score (nSPS) is 16.1. The Bertz CT molecular complexity index is 590. The van der Waals surface area contributed by atoms with E-state index in [2.05, 4.69) is 9.97 Å². The third kappa shape index (κ3) is 6.02. The molecular formula is C16H21ClF3N3O2. The highest BCUT2D eigenvalue weighted by Gasteiger charge is 2.28. The minimum Gasteiger partial charge on any atom is -0.466 e. The molecule has 0 amide bonds. The molecule has 0 radical (unpaired) electrons. The molecule has 1 aromatic rings. The van der Waals surface area contributed by atoms with Crippen LogP contribution in [0.4, 0.5) is 19.0 Å². The van der Waals surface area contributed by atoms with E-state index in [9.17, 15) is 18.0 Å². The highest BCUT2D eigenvalue weighted by atomic mass is 35.5. The third-order valence-electron chi connectivity index (χ3n) is 4.07. The fraction of sp³-hybridized carbons (Fsp3) is 0.688. The average molecular weight is 380 g/mol. The van der Waals surface area contributed by atoms with Gasteiger partial charge in [0.25, 0.3) is 0 Å². The van der Waals surface area contributed by atoms with Crippen molar-refractivity contribution in [3.05, 3.63) is 17.0 Å². The van der Waals surface area contributed by atoms with Gasteiger partial charge in [-0.2, -0.15) is 13.2 Å². The lowest BCUT2D eigenvalue weighted by Gasteiger charge is -2.32. The number of ether oxygens (including phenoxy) is 1. The van der Waals surface area contributed by atoms with Gasteiger partial charge in [-0.15, -0.1) is 0 Å². The van der Waals surface area contributed by atoms with Gasteiger partial charge >= 0.3 is 12.1 Å². The first-order valence-electron chi connectivity index (χ1n) is 8.30. The Labute approximate surface area is 149 Å². The number of hydrogen-bond donors (Lipinski definition) is 0. The summed E-state index contributed by atoms with van der Waals surface area (Å²) in [6.45, 7) is 3.27. The standard InChI is InChI=1S/C16H21ClF3N3O2/c1-2-25-15(24)11-5-8-23(9-6-11)14-13(17)21-10-12(22-14)4-3-7-16(18,19)20/h10-11H,2-9H2,1H3. The number of aryl methyl sites for hydroxylation is 1. The molecule has 0 saturated carbocycles. The lowest BCUT2D eigenvalue weighted by atomic mass is 9.97. The van der Waals surface area contributed by atoms with E-state index in [1.54, 1.807) is 6.92 Å². The second-order valence-electron chi connectivity index (χ2n) is 5.96. The Morgan fingerprint density at radius 3 is 2.68 bits per heavy atom. The van der Waals surface area contributed by atoms with Crippen molar-refractivity contribution in [3.8, 4) is 0 Å². The fourth-order valence-corrected chi connectivity index (χ4v) is 2.99. The SMILES string of the molecule is CCOC(=O)C1CCN(c2nc(CCCC(F)(F)F)cnc2Cl)CC1. The Morgan fingerprint density at radius 2 is 2.08 bits per heavy atom. The van der Waals surface area contributed by atoms with Gasteiger partial charge in [0.05, 0.1) is 24.4 Å². The molecule has 25 heavy (non-hydrogen) atoms. The van der Waals surface area contributed by atoms with E-state index >= 15 is 0 Å². The number of aromatic nitrogens is 2. The summed E-state index contributed by atoms with van der Waals surface area (Å²) in [5.41, 5.74) is 0.483. The van der Waals surface area contributed by atoms with E-state index in [1.807, 2.05) is 4.90 Å². The van der Waals surface area contributed by atoms with E-state index < -0.39 is 12.6 Å². The molecule has 5 nitrogen and oxygen atoms in total. The van der Waals surface area contributed by atoms with Crippen LogP contribution in [0.1, 0.15) is 38.3 Å². The first kappa shape index (κ1) is 19.8. The number of nitrogens with zero attached hydrogens (tertiary/aromatic N) is 3. The van der Waals surface area contributed by atoms with Gasteiger partial charge in [0.1, 0.15) is 0 Å². The van der Waals surface area contributed by atoms with Gasteiger partial charge in [0.2, 0.25) is 0 Å². The quantitative estimate of drug-likeness (QED) is 0.704. The number of rotatable bonds is 6. The van der Waals surface area contributed by atoms with Gasteiger partial charge in [0.15, 0.2) is 11.0 Å². The molecule has 1 saturated heterocycles. The number of piperidine rings is 1. The van der Waals surface area contributed by atoms with Crippen LogP contribution in [0.2, 0.25) is 5.15 Å². The molecule has 9 heteroatoms. The zero-order valence-corrected chi connectivity index (χ0v) is 14.7. The van der Waals surface area contributed by atoms with Gasteiger partial charge in [-0.3, -0.25) is 4.79 Å². The Balaban J connectivity index is 1.95. The number of esters is 1. The second-order valence-corrected chi connectivity index (χ2v) is 6.32. The van der Waals surface area contributed by atoms with Gasteiger partial charge < -0.3 is 9.64 Å². The minimum absolute atomic E-state index is 0.0375. The molecule has 1 aliphatic rings. The van der Waals surface area contributed by atoms with Crippen molar-refractivity contribution in [2.24, 2.45) is 5.92 Å². The predicted molar refractivity (Wildman–Crippen MR) is 87.6 cm³/mol. The van der Waals surface area contributed by atoms with Crippen LogP contribution in [0.15, 0.2) is 6.20 Å². The smallest absolute Gasteiger partial charge is 0.389 e. The van der Waals surface area contributed by atoms with Crippen molar-refractivity contribution < 1.29 is 22.7 Å². The summed E-state index contributed by atoms with van der Waals surface area (Å²) < 4.78 is 41.8. The molecule has 0 spiro atoms. The number of halogens is 4. The van der Waals surface area contributed by atoms with Crippen molar-refractivity contribution in [2.75, 3.05) is 24.6 Å². The van der Waals surface area contributed by atoms with Gasteiger partial charge in [-0.1, -0.05) is 11.6 Å². The monoisotopic (exact) mass is 379 g/mol. The van der Waals surface area contributed by atoms with Crippen LogP contribution in [-0.4, -0.2) is 41.8 Å². The molecule has 0 N–H and O–H groups in total. The maximum atomic E-state index is 12.2. The van der Waals surface area contributed by atoms with Crippen LogP contribution in [0.5, 0.6) is 0 Å². The Morgan fingerprint density at radius 1 is 1.40 bits per heavy atom. The lowest BCUT2D eigenvalue weighted by Crippen LogP contribution is -2.37. The lowest BCUT2D eigenvalue weighted by molar-refractivity contribution is -0.148. The Hall–Kier alpha value is -1.57. The maximum Gasteiger partial charge on any atom is 0.389 e. The summed E-state index contributed by atoms with van der Waals surface area (Å²) in [7, 11) is 0. The molecule has 140 valence electrons. The molecule has 0 bridgehead atoms. The third-order valence-corrected chi connectivity index (χ3v) is 4.34. The van der Waals surface area contributed by atoms with E-state index in [4.69, 9.17) is 16.3 Å². The number of hydrogen-bond acceptors (Lipinski definition) is 5. The molecule has 2 heterocycles. The Kier molecular flexibility index (Phi) is 6.87. The van der Waals surface area contributed by atoms with Gasteiger partial charge in [-0.25, -0.2) is 9.97 Å². The van der Waals surface area contributed by atoms with Gasteiger partial charge in [0, 0.05) is 19.5 Å². The number of alkyl halides is 3. The highest BCUT2D eigenvalue weighted by Crippen LogP contribution is 2.28. The van der Waals surface area contributed by atoms with Crippen LogP contribution < -0.4 is 4.90 Å². The van der Waals surface area contributed by atoms with Crippen molar-refractivity contribution >= 4 is 23.4 Å². The largest absolute Gasteiger partial charge is 0.466 e. The molecular weight excluding hydrogens is 359 g/mol. The number of anilines is 1. The second kappa shape index (κ2) is 8.69. The zero-order valence-electron chi connectivity index (χ0n) is 14.0. The highest BCUT2D eigenvalue weighted by molar-refractivity contribution is 6.31. The average Bonchev–Trinajstić information content (AvgIpc) is 2.56. The van der Waals surface area contributed by atoms with Crippen molar-refractivity contribution in [1.29, 1.82) is 0 Å². The summed E-state index contributed by atoms with van der Waals surface area (Å²) in [6.07, 6.45) is -2.22. The molecule has 1 aliphatic heterocycles.